The molecule has 6 heteroatoms. The van der Waals surface area contributed by atoms with E-state index in [-0.39, 0.29) is 37.3 Å². The molecule has 0 aliphatic carbocycles. The van der Waals surface area contributed by atoms with E-state index >= 15 is 0 Å². The predicted octanol–water partition coefficient (Wildman–Crippen LogP) is 16.2. The minimum absolute atomic E-state index is 0. The SMILES string of the molecule is CC(C)(C)c1ccc(-c2cnc(-n3c4[c-]c(Oc5[c-]c(N6[CH-]N(c7cccc(C(C)(C)C)c7)c7c(-c8ccccc8)cccc76)ccc5)ccc4c4ccccc43)cc2C(C)(C)C)cc1.[Pt]. The van der Waals surface area contributed by atoms with Gasteiger partial charge in [0.2, 0.25) is 0 Å². The number of anilines is 4. The molecule has 0 saturated carbocycles. The van der Waals surface area contributed by atoms with Crippen molar-refractivity contribution in [2.24, 2.45) is 0 Å². The van der Waals surface area contributed by atoms with Crippen molar-refractivity contribution < 1.29 is 25.8 Å². The maximum Gasteiger partial charge on any atom is 0.135 e. The molecule has 7 aromatic carbocycles. The zero-order chi connectivity index (χ0) is 45.3. The number of ether oxygens (including phenoxy) is 1. The van der Waals surface area contributed by atoms with Crippen LogP contribution < -0.4 is 14.5 Å². The summed E-state index contributed by atoms with van der Waals surface area (Å²) in [5, 5.41) is 2.22. The molecule has 0 unspecified atom stereocenters. The van der Waals surface area contributed by atoms with Crippen LogP contribution in [-0.2, 0) is 37.3 Å². The van der Waals surface area contributed by atoms with Crippen LogP contribution in [0.5, 0.6) is 11.5 Å². The topological polar surface area (TPSA) is 33.5 Å². The molecule has 0 amide bonds. The molecule has 334 valence electrons. The average Bonchev–Trinajstić information content (AvgIpc) is 3.85. The van der Waals surface area contributed by atoms with E-state index in [1.54, 1.807) is 0 Å². The third kappa shape index (κ3) is 8.35. The first-order chi connectivity index (χ1) is 31.1. The molecule has 0 atom stereocenters. The number of pyridine rings is 1. The Bertz CT molecular complexity index is 3220. The zero-order valence-corrected chi connectivity index (χ0v) is 41.5. The Morgan fingerprint density at radius 2 is 1.21 bits per heavy atom. The van der Waals surface area contributed by atoms with Gasteiger partial charge in [0.15, 0.2) is 0 Å². The van der Waals surface area contributed by atoms with Gasteiger partial charge in [-0.2, -0.15) is 12.1 Å². The summed E-state index contributed by atoms with van der Waals surface area (Å²) >= 11 is 0. The fourth-order valence-electron chi connectivity index (χ4n) is 9.07. The first-order valence-corrected chi connectivity index (χ1v) is 22.6. The van der Waals surface area contributed by atoms with Crippen molar-refractivity contribution in [1.82, 2.24) is 9.55 Å². The fraction of sp³-hybridized carbons (Fsp3) is 0.200. The Balaban J connectivity index is 0.00000548. The molecular formula is C60H55N4OPt-3. The van der Waals surface area contributed by atoms with Crippen molar-refractivity contribution in [3.8, 4) is 39.6 Å². The van der Waals surface area contributed by atoms with Gasteiger partial charge in [0.25, 0.3) is 0 Å². The van der Waals surface area contributed by atoms with E-state index in [1.807, 2.05) is 24.4 Å². The monoisotopic (exact) mass is 1040 g/mol. The van der Waals surface area contributed by atoms with Gasteiger partial charge in [-0.25, -0.2) is 4.98 Å². The van der Waals surface area contributed by atoms with E-state index in [4.69, 9.17) is 9.72 Å². The molecule has 3 heterocycles. The number of hydrogen-bond donors (Lipinski definition) is 0. The Kier molecular flexibility index (Phi) is 11.6. The molecule has 0 radical (unpaired) electrons. The molecule has 0 bridgehead atoms. The average molecular weight is 1040 g/mol. The zero-order valence-electron chi connectivity index (χ0n) is 39.2. The van der Waals surface area contributed by atoms with Crippen LogP contribution >= 0.6 is 0 Å². The van der Waals surface area contributed by atoms with Crippen LogP contribution in [0.1, 0.15) is 79.0 Å². The molecule has 9 aromatic rings. The van der Waals surface area contributed by atoms with Crippen molar-refractivity contribution in [3.05, 3.63) is 199 Å². The standard InChI is InChI=1S/C60H55N4O.Pt/c1-58(2,3)42-30-28-41(29-31-42)51-38-61-56(37-52(51)60(7,8)9)64-53-26-14-13-24-49(53)50-33-32-47(36-55(50)64)65-46-23-16-22-45(35-46)62-39-63(44-21-15-20-43(34-44)59(4,5)6)57-48(25-17-27-54(57)62)40-18-11-10-12-19-40;/h10-34,37-39H,1-9H3;/q-3;. The second-order valence-electron chi connectivity index (χ2n) is 20.3. The molecule has 0 spiro atoms. The van der Waals surface area contributed by atoms with Gasteiger partial charge in [0, 0.05) is 72.5 Å². The molecule has 0 N–H and O–H groups in total. The number of aromatic nitrogens is 2. The van der Waals surface area contributed by atoms with Crippen LogP contribution in [-0.4, -0.2) is 9.55 Å². The summed E-state index contributed by atoms with van der Waals surface area (Å²) in [5.74, 6) is 2.03. The Morgan fingerprint density at radius 1 is 0.530 bits per heavy atom. The van der Waals surface area contributed by atoms with Gasteiger partial charge in [-0.3, -0.25) is 0 Å². The number of nitrogens with zero attached hydrogens (tertiary/aromatic N) is 4. The van der Waals surface area contributed by atoms with Gasteiger partial charge in [-0.05, 0) is 79.8 Å². The third-order valence-electron chi connectivity index (χ3n) is 12.6. The summed E-state index contributed by atoms with van der Waals surface area (Å²) in [7, 11) is 0. The largest absolute Gasteiger partial charge is 0.509 e. The normalized spacial score (nSPS) is 13.0. The minimum Gasteiger partial charge on any atom is -0.509 e. The van der Waals surface area contributed by atoms with Gasteiger partial charge >= 0.3 is 0 Å². The van der Waals surface area contributed by atoms with E-state index < -0.39 is 0 Å². The number of rotatable bonds is 7. The van der Waals surface area contributed by atoms with Crippen LogP contribution in [0, 0.1) is 18.8 Å². The van der Waals surface area contributed by atoms with Crippen LogP contribution in [0.4, 0.5) is 22.7 Å². The second kappa shape index (κ2) is 17.1. The molecule has 10 rings (SSSR count). The number of benzene rings is 7. The Labute approximate surface area is 405 Å². The van der Waals surface area contributed by atoms with Crippen molar-refractivity contribution in [1.29, 1.82) is 0 Å². The first kappa shape index (κ1) is 44.8. The van der Waals surface area contributed by atoms with Gasteiger partial charge in [-0.1, -0.05) is 165 Å². The van der Waals surface area contributed by atoms with Gasteiger partial charge in [-0.15, -0.1) is 48.1 Å². The van der Waals surface area contributed by atoms with Crippen molar-refractivity contribution in [2.45, 2.75) is 78.6 Å². The Morgan fingerprint density at radius 3 is 1.95 bits per heavy atom. The molecule has 66 heavy (non-hydrogen) atoms. The molecule has 1 aliphatic heterocycles. The summed E-state index contributed by atoms with van der Waals surface area (Å²) in [6.07, 6.45) is 2.04. The molecule has 2 aromatic heterocycles. The maximum atomic E-state index is 6.71. The number of hydrogen-bond acceptors (Lipinski definition) is 4. The third-order valence-corrected chi connectivity index (χ3v) is 12.6. The smallest absolute Gasteiger partial charge is 0.135 e. The maximum absolute atomic E-state index is 6.71. The van der Waals surface area contributed by atoms with E-state index in [2.05, 4.69) is 235 Å². The predicted molar refractivity (Wildman–Crippen MR) is 271 cm³/mol. The molecule has 5 nitrogen and oxygen atoms in total. The van der Waals surface area contributed by atoms with Gasteiger partial charge < -0.3 is 19.1 Å². The molecule has 0 saturated heterocycles. The summed E-state index contributed by atoms with van der Waals surface area (Å²) < 4.78 is 8.93. The quantitative estimate of drug-likeness (QED) is 0.149. The van der Waals surface area contributed by atoms with Crippen LogP contribution in [0.3, 0.4) is 0 Å². The van der Waals surface area contributed by atoms with E-state index in [0.29, 0.717) is 11.5 Å². The van der Waals surface area contributed by atoms with Gasteiger partial charge in [0.1, 0.15) is 5.82 Å². The van der Waals surface area contributed by atoms with Crippen molar-refractivity contribution in [2.75, 3.05) is 9.80 Å². The molecule has 0 fully saturated rings. The summed E-state index contributed by atoms with van der Waals surface area (Å²) in [6, 6.07) is 63.3. The van der Waals surface area contributed by atoms with Crippen LogP contribution in [0.2, 0.25) is 0 Å². The fourth-order valence-corrected chi connectivity index (χ4v) is 9.07. The van der Waals surface area contributed by atoms with Crippen LogP contribution in [0.15, 0.2) is 164 Å². The van der Waals surface area contributed by atoms with E-state index in [0.717, 1.165) is 67.1 Å². The van der Waals surface area contributed by atoms with Crippen molar-refractivity contribution >= 4 is 44.6 Å². The number of para-hydroxylation sites is 2. The summed E-state index contributed by atoms with van der Waals surface area (Å²) in [6.45, 7) is 22.5. The minimum atomic E-state index is -0.142. The van der Waals surface area contributed by atoms with E-state index in [1.165, 1.54) is 22.3 Å². The van der Waals surface area contributed by atoms with E-state index in [9.17, 15) is 0 Å². The summed E-state index contributed by atoms with van der Waals surface area (Å²) in [5.41, 5.74) is 14.5. The second-order valence-corrected chi connectivity index (χ2v) is 20.3. The Hall–Kier alpha value is -6.42. The summed E-state index contributed by atoms with van der Waals surface area (Å²) in [4.78, 5) is 9.71. The van der Waals surface area contributed by atoms with Crippen LogP contribution in [0.25, 0.3) is 49.9 Å². The molecular weight excluding hydrogens is 988 g/mol. The molecule has 1 aliphatic rings. The number of fused-ring (bicyclic) bond motifs is 4. The first-order valence-electron chi connectivity index (χ1n) is 22.6. The van der Waals surface area contributed by atoms with Gasteiger partial charge in [0.05, 0.1) is 0 Å². The van der Waals surface area contributed by atoms with Crippen molar-refractivity contribution in [3.63, 3.8) is 0 Å².